The Labute approximate surface area is 184 Å². The SMILES string of the molecule is C=CCC1CC(c2cccc(Cl)c2)[C@@H](c2ccc(Cl)cc2)N(C(CC)CC)C1=O. The summed E-state index contributed by atoms with van der Waals surface area (Å²) in [5, 5.41) is 1.43. The quantitative estimate of drug-likeness (QED) is 0.418. The third-order valence-corrected chi connectivity index (χ3v) is 6.59. The maximum Gasteiger partial charge on any atom is 0.226 e. The van der Waals surface area contributed by atoms with Gasteiger partial charge in [0.25, 0.3) is 0 Å². The second-order valence-electron chi connectivity index (χ2n) is 7.83. The summed E-state index contributed by atoms with van der Waals surface area (Å²) in [4.78, 5) is 15.7. The lowest BCUT2D eigenvalue weighted by atomic mass is 9.74. The van der Waals surface area contributed by atoms with Gasteiger partial charge in [0, 0.05) is 27.9 Å². The van der Waals surface area contributed by atoms with Crippen LogP contribution in [0.4, 0.5) is 0 Å². The maximum absolute atomic E-state index is 13.6. The van der Waals surface area contributed by atoms with E-state index in [1.54, 1.807) is 0 Å². The summed E-state index contributed by atoms with van der Waals surface area (Å²) in [6.07, 6.45) is 5.20. The molecule has 4 heteroatoms. The first kappa shape index (κ1) is 21.9. The molecular weight excluding hydrogens is 401 g/mol. The first-order valence-corrected chi connectivity index (χ1v) is 11.2. The first-order chi connectivity index (χ1) is 14.0. The topological polar surface area (TPSA) is 20.3 Å². The molecule has 1 aliphatic heterocycles. The molecule has 0 N–H and O–H groups in total. The molecule has 1 saturated heterocycles. The molecule has 0 aromatic heterocycles. The number of hydrogen-bond acceptors (Lipinski definition) is 1. The molecule has 2 nitrogen and oxygen atoms in total. The Kier molecular flexibility index (Phi) is 7.43. The molecule has 2 unspecified atom stereocenters. The number of rotatable bonds is 7. The molecule has 1 aliphatic rings. The van der Waals surface area contributed by atoms with Crippen molar-refractivity contribution in [3.05, 3.63) is 82.4 Å². The number of halogens is 2. The highest BCUT2D eigenvalue weighted by Gasteiger charge is 2.44. The smallest absolute Gasteiger partial charge is 0.226 e. The molecule has 1 fully saturated rings. The van der Waals surface area contributed by atoms with Gasteiger partial charge in [-0.15, -0.1) is 6.58 Å². The van der Waals surface area contributed by atoms with E-state index in [9.17, 15) is 4.79 Å². The summed E-state index contributed by atoms with van der Waals surface area (Å²) in [5.41, 5.74) is 2.30. The van der Waals surface area contributed by atoms with E-state index in [0.29, 0.717) is 11.4 Å². The number of benzene rings is 2. The zero-order chi connectivity index (χ0) is 21.0. The molecule has 1 amide bonds. The second-order valence-corrected chi connectivity index (χ2v) is 8.70. The number of amides is 1. The van der Waals surface area contributed by atoms with Gasteiger partial charge in [-0.25, -0.2) is 0 Å². The normalized spacial score (nSPS) is 22.2. The van der Waals surface area contributed by atoms with Gasteiger partial charge in [0.15, 0.2) is 0 Å². The standard InChI is InChI=1S/C25H29Cl2NO/c1-4-8-19-16-23(18-9-7-10-21(27)15-18)24(17-11-13-20(26)14-12-17)28(25(19)29)22(5-2)6-3/h4,7,9-15,19,22-24H,1,5-6,8,16H2,2-3H3/t19?,23?,24-/m1/s1. The van der Waals surface area contributed by atoms with Crippen molar-refractivity contribution in [2.24, 2.45) is 5.92 Å². The van der Waals surface area contributed by atoms with E-state index in [-0.39, 0.29) is 29.8 Å². The minimum atomic E-state index is -0.0550. The molecule has 2 aromatic carbocycles. The number of piperidine rings is 1. The summed E-state index contributed by atoms with van der Waals surface area (Å²) in [6, 6.07) is 16.2. The van der Waals surface area contributed by atoms with E-state index in [1.807, 2.05) is 36.4 Å². The highest BCUT2D eigenvalue weighted by Crippen LogP contribution is 2.47. The number of carbonyl (C=O) groups is 1. The van der Waals surface area contributed by atoms with Gasteiger partial charge in [0.05, 0.1) is 6.04 Å². The monoisotopic (exact) mass is 429 g/mol. The Morgan fingerprint density at radius 1 is 1.07 bits per heavy atom. The average Bonchev–Trinajstić information content (AvgIpc) is 2.72. The molecule has 0 radical (unpaired) electrons. The van der Waals surface area contributed by atoms with E-state index in [0.717, 1.165) is 29.8 Å². The van der Waals surface area contributed by atoms with Crippen LogP contribution in [0.2, 0.25) is 10.0 Å². The van der Waals surface area contributed by atoms with Crippen LogP contribution in [0.3, 0.4) is 0 Å². The van der Waals surface area contributed by atoms with Crippen LogP contribution in [0.15, 0.2) is 61.2 Å². The lowest BCUT2D eigenvalue weighted by molar-refractivity contribution is -0.146. The fraction of sp³-hybridized carbons (Fsp3) is 0.400. The predicted octanol–water partition coefficient (Wildman–Crippen LogP) is 7.43. The lowest BCUT2D eigenvalue weighted by Crippen LogP contribution is -2.51. The van der Waals surface area contributed by atoms with Crippen LogP contribution in [0.5, 0.6) is 0 Å². The Morgan fingerprint density at radius 2 is 1.76 bits per heavy atom. The van der Waals surface area contributed by atoms with E-state index < -0.39 is 0 Å². The first-order valence-electron chi connectivity index (χ1n) is 10.4. The highest BCUT2D eigenvalue weighted by atomic mass is 35.5. The number of likely N-dealkylation sites (tertiary alicyclic amines) is 1. The average molecular weight is 430 g/mol. The molecule has 0 aliphatic carbocycles. The predicted molar refractivity (Wildman–Crippen MR) is 123 cm³/mol. The molecule has 0 bridgehead atoms. The highest BCUT2D eigenvalue weighted by molar-refractivity contribution is 6.30. The number of allylic oxidation sites excluding steroid dienone is 1. The summed E-state index contributed by atoms with van der Waals surface area (Å²) < 4.78 is 0. The molecule has 154 valence electrons. The van der Waals surface area contributed by atoms with E-state index in [4.69, 9.17) is 23.2 Å². The van der Waals surface area contributed by atoms with Crippen LogP contribution in [-0.2, 0) is 4.79 Å². The largest absolute Gasteiger partial charge is 0.332 e. The van der Waals surface area contributed by atoms with Crippen molar-refractivity contribution in [3.63, 3.8) is 0 Å². The fourth-order valence-electron chi connectivity index (χ4n) is 4.67. The third kappa shape index (κ3) is 4.70. The summed E-state index contributed by atoms with van der Waals surface area (Å²) in [7, 11) is 0. The van der Waals surface area contributed by atoms with E-state index in [1.165, 1.54) is 5.56 Å². The van der Waals surface area contributed by atoms with Crippen LogP contribution < -0.4 is 0 Å². The Bertz CT molecular complexity index is 844. The van der Waals surface area contributed by atoms with Gasteiger partial charge in [-0.3, -0.25) is 4.79 Å². The molecule has 3 rings (SSSR count). The minimum Gasteiger partial charge on any atom is -0.332 e. The molecular formula is C25H29Cl2NO. The lowest BCUT2D eigenvalue weighted by Gasteiger charge is -2.48. The zero-order valence-corrected chi connectivity index (χ0v) is 18.7. The number of nitrogens with zero attached hydrogens (tertiary/aromatic N) is 1. The van der Waals surface area contributed by atoms with Crippen LogP contribution in [-0.4, -0.2) is 16.8 Å². The van der Waals surface area contributed by atoms with Gasteiger partial charge in [-0.05, 0) is 61.1 Å². The van der Waals surface area contributed by atoms with Gasteiger partial charge in [0.2, 0.25) is 5.91 Å². The van der Waals surface area contributed by atoms with Crippen molar-refractivity contribution < 1.29 is 4.79 Å². The van der Waals surface area contributed by atoms with E-state index >= 15 is 0 Å². The van der Waals surface area contributed by atoms with Crippen molar-refractivity contribution in [1.82, 2.24) is 4.90 Å². The van der Waals surface area contributed by atoms with E-state index in [2.05, 4.69) is 43.5 Å². The summed E-state index contributed by atoms with van der Waals surface area (Å²) in [5.74, 6) is 0.343. The van der Waals surface area contributed by atoms with Crippen LogP contribution in [0, 0.1) is 5.92 Å². The fourth-order valence-corrected chi connectivity index (χ4v) is 5.00. The molecule has 3 atom stereocenters. The van der Waals surface area contributed by atoms with Crippen LogP contribution in [0.1, 0.15) is 62.6 Å². The minimum absolute atomic E-state index is 0.0378. The van der Waals surface area contributed by atoms with Crippen molar-refractivity contribution in [2.75, 3.05) is 0 Å². The Hall–Kier alpha value is -1.77. The second kappa shape index (κ2) is 9.82. The summed E-state index contributed by atoms with van der Waals surface area (Å²) in [6.45, 7) is 8.21. The molecule has 29 heavy (non-hydrogen) atoms. The molecule has 1 heterocycles. The van der Waals surface area contributed by atoms with Crippen LogP contribution in [0.25, 0.3) is 0 Å². The number of hydrogen-bond donors (Lipinski definition) is 0. The van der Waals surface area contributed by atoms with Gasteiger partial charge < -0.3 is 4.90 Å². The van der Waals surface area contributed by atoms with Gasteiger partial charge in [0.1, 0.15) is 0 Å². The van der Waals surface area contributed by atoms with Crippen LogP contribution >= 0.6 is 23.2 Å². The molecule has 2 aromatic rings. The van der Waals surface area contributed by atoms with Gasteiger partial charge in [-0.1, -0.05) is 67.4 Å². The third-order valence-electron chi connectivity index (χ3n) is 6.10. The maximum atomic E-state index is 13.6. The summed E-state index contributed by atoms with van der Waals surface area (Å²) >= 11 is 12.5. The van der Waals surface area contributed by atoms with Gasteiger partial charge in [-0.2, -0.15) is 0 Å². The molecule has 0 saturated carbocycles. The van der Waals surface area contributed by atoms with Crippen molar-refractivity contribution in [1.29, 1.82) is 0 Å². The Morgan fingerprint density at radius 3 is 2.34 bits per heavy atom. The van der Waals surface area contributed by atoms with Gasteiger partial charge >= 0.3 is 0 Å². The Balaban J connectivity index is 2.16. The number of carbonyl (C=O) groups excluding carboxylic acids is 1. The zero-order valence-electron chi connectivity index (χ0n) is 17.2. The van der Waals surface area contributed by atoms with Crippen molar-refractivity contribution >= 4 is 29.1 Å². The molecule has 0 spiro atoms. The van der Waals surface area contributed by atoms with Crippen molar-refractivity contribution in [2.45, 2.75) is 57.5 Å². The van der Waals surface area contributed by atoms with Crippen molar-refractivity contribution in [3.8, 4) is 0 Å².